The number of hydrogen-bond donors (Lipinski definition) is 1. The second-order valence-corrected chi connectivity index (χ2v) is 3.94. The number of rotatable bonds is 5. The fourth-order valence-corrected chi connectivity index (χ4v) is 1.64. The molecule has 0 spiro atoms. The van der Waals surface area contributed by atoms with E-state index in [2.05, 4.69) is 5.32 Å². The van der Waals surface area contributed by atoms with Crippen LogP contribution in [0.3, 0.4) is 0 Å². The van der Waals surface area contributed by atoms with E-state index in [1.54, 1.807) is 0 Å². The van der Waals surface area contributed by atoms with Crippen LogP contribution in [0, 0.1) is 5.82 Å². The molecule has 16 heavy (non-hydrogen) atoms. The van der Waals surface area contributed by atoms with Crippen LogP contribution in [0.15, 0.2) is 24.3 Å². The maximum atomic E-state index is 12.7. The summed E-state index contributed by atoms with van der Waals surface area (Å²) < 4.78 is 12.7. The Hall–Kier alpha value is -1.09. The first-order chi connectivity index (χ1) is 7.67. The van der Waals surface area contributed by atoms with Crippen molar-refractivity contribution in [2.24, 2.45) is 0 Å². The van der Waals surface area contributed by atoms with Crippen LogP contribution in [-0.2, 0) is 0 Å². The zero-order chi connectivity index (χ0) is 12.0. The van der Waals surface area contributed by atoms with Crippen LogP contribution in [-0.4, -0.2) is 17.8 Å². The van der Waals surface area contributed by atoms with Gasteiger partial charge in [-0.05, 0) is 37.1 Å². The molecular formula is C12H15ClFNO. The van der Waals surface area contributed by atoms with Crippen molar-refractivity contribution in [3.8, 4) is 0 Å². The van der Waals surface area contributed by atoms with Gasteiger partial charge in [0.25, 0.3) is 5.91 Å². The van der Waals surface area contributed by atoms with E-state index < -0.39 is 0 Å². The standard InChI is InChI=1S/C12H15ClFNO/c1-2-11(7-8-13)15-12(16)9-3-5-10(14)6-4-9/h3-6,11H,2,7-8H2,1H3,(H,15,16). The van der Waals surface area contributed by atoms with Gasteiger partial charge in [-0.25, -0.2) is 4.39 Å². The Morgan fingerprint density at radius 2 is 2.06 bits per heavy atom. The first kappa shape index (κ1) is 13.0. The van der Waals surface area contributed by atoms with E-state index in [0.717, 1.165) is 12.8 Å². The highest BCUT2D eigenvalue weighted by Crippen LogP contribution is 2.05. The van der Waals surface area contributed by atoms with Crippen molar-refractivity contribution in [3.05, 3.63) is 35.6 Å². The summed E-state index contributed by atoms with van der Waals surface area (Å²) >= 11 is 5.62. The lowest BCUT2D eigenvalue weighted by Gasteiger charge is -2.15. The molecule has 1 N–H and O–H groups in total. The van der Waals surface area contributed by atoms with Gasteiger partial charge in [-0.15, -0.1) is 11.6 Å². The highest BCUT2D eigenvalue weighted by atomic mass is 35.5. The number of halogens is 2. The second kappa shape index (κ2) is 6.48. The van der Waals surface area contributed by atoms with Crippen molar-refractivity contribution in [1.29, 1.82) is 0 Å². The van der Waals surface area contributed by atoms with E-state index in [9.17, 15) is 9.18 Å². The van der Waals surface area contributed by atoms with Crippen LogP contribution < -0.4 is 5.32 Å². The second-order valence-electron chi connectivity index (χ2n) is 3.56. The van der Waals surface area contributed by atoms with E-state index in [0.29, 0.717) is 11.4 Å². The Labute approximate surface area is 99.8 Å². The number of carbonyl (C=O) groups excluding carboxylic acids is 1. The molecule has 1 rings (SSSR count). The Morgan fingerprint density at radius 3 is 2.56 bits per heavy atom. The van der Waals surface area contributed by atoms with Gasteiger partial charge >= 0.3 is 0 Å². The highest BCUT2D eigenvalue weighted by molar-refractivity contribution is 6.17. The number of benzene rings is 1. The molecule has 1 amide bonds. The zero-order valence-electron chi connectivity index (χ0n) is 9.17. The van der Waals surface area contributed by atoms with Gasteiger partial charge in [0.05, 0.1) is 0 Å². The fourth-order valence-electron chi connectivity index (χ4n) is 1.38. The lowest BCUT2D eigenvalue weighted by atomic mass is 10.1. The summed E-state index contributed by atoms with van der Waals surface area (Å²) in [6.07, 6.45) is 1.57. The molecule has 0 aliphatic heterocycles. The lowest BCUT2D eigenvalue weighted by Crippen LogP contribution is -2.34. The molecule has 1 aromatic carbocycles. The van der Waals surface area contributed by atoms with Crippen LogP contribution in [0.1, 0.15) is 30.1 Å². The van der Waals surface area contributed by atoms with Crippen LogP contribution in [0.5, 0.6) is 0 Å². The summed E-state index contributed by atoms with van der Waals surface area (Å²) in [5, 5.41) is 2.86. The minimum absolute atomic E-state index is 0.0788. The van der Waals surface area contributed by atoms with Crippen molar-refractivity contribution < 1.29 is 9.18 Å². The Balaban J connectivity index is 2.60. The smallest absolute Gasteiger partial charge is 0.251 e. The predicted molar refractivity (Wildman–Crippen MR) is 63.3 cm³/mol. The molecule has 0 aromatic heterocycles. The quantitative estimate of drug-likeness (QED) is 0.792. The van der Waals surface area contributed by atoms with Crippen LogP contribution in [0.2, 0.25) is 0 Å². The van der Waals surface area contributed by atoms with Crippen molar-refractivity contribution in [1.82, 2.24) is 5.32 Å². The predicted octanol–water partition coefficient (Wildman–Crippen LogP) is 2.96. The van der Waals surface area contributed by atoms with Crippen LogP contribution >= 0.6 is 11.6 Å². The van der Waals surface area contributed by atoms with Crippen LogP contribution in [0.4, 0.5) is 4.39 Å². The van der Waals surface area contributed by atoms with Gasteiger partial charge in [0.2, 0.25) is 0 Å². The average Bonchev–Trinajstić information content (AvgIpc) is 2.29. The highest BCUT2D eigenvalue weighted by Gasteiger charge is 2.11. The maximum Gasteiger partial charge on any atom is 0.251 e. The summed E-state index contributed by atoms with van der Waals surface area (Å²) in [5.74, 6) is -0.0105. The van der Waals surface area contributed by atoms with E-state index in [4.69, 9.17) is 11.6 Å². The van der Waals surface area contributed by atoms with Gasteiger partial charge in [0.1, 0.15) is 5.82 Å². The molecule has 0 saturated carbocycles. The molecule has 0 aliphatic rings. The summed E-state index contributed by atoms with van der Waals surface area (Å²) in [6.45, 7) is 1.99. The largest absolute Gasteiger partial charge is 0.349 e. The minimum Gasteiger partial charge on any atom is -0.349 e. The zero-order valence-corrected chi connectivity index (χ0v) is 9.93. The Morgan fingerprint density at radius 1 is 1.44 bits per heavy atom. The summed E-state index contributed by atoms with van der Waals surface area (Å²) in [4.78, 5) is 11.7. The Bertz CT molecular complexity index is 339. The van der Waals surface area contributed by atoms with E-state index >= 15 is 0 Å². The molecule has 4 heteroatoms. The van der Waals surface area contributed by atoms with Crippen LogP contribution in [0.25, 0.3) is 0 Å². The fraction of sp³-hybridized carbons (Fsp3) is 0.417. The molecule has 1 aromatic rings. The topological polar surface area (TPSA) is 29.1 Å². The summed E-state index contributed by atoms with van der Waals surface area (Å²) in [5.41, 5.74) is 0.467. The molecule has 0 bridgehead atoms. The third-order valence-electron chi connectivity index (χ3n) is 2.39. The number of amides is 1. The molecule has 2 nitrogen and oxygen atoms in total. The molecule has 0 heterocycles. The van der Waals surface area contributed by atoms with Gasteiger partial charge in [-0.3, -0.25) is 4.79 Å². The monoisotopic (exact) mass is 243 g/mol. The van der Waals surface area contributed by atoms with Gasteiger partial charge < -0.3 is 5.32 Å². The minimum atomic E-state index is -0.343. The first-order valence-corrected chi connectivity index (χ1v) is 5.83. The molecule has 1 unspecified atom stereocenters. The first-order valence-electron chi connectivity index (χ1n) is 5.29. The molecule has 88 valence electrons. The summed E-state index contributed by atoms with van der Waals surface area (Å²) in [6, 6.07) is 5.57. The molecule has 1 atom stereocenters. The molecule has 0 aliphatic carbocycles. The summed E-state index contributed by atoms with van der Waals surface area (Å²) in [7, 11) is 0. The normalized spacial score (nSPS) is 12.2. The average molecular weight is 244 g/mol. The number of carbonyl (C=O) groups is 1. The van der Waals surface area contributed by atoms with Gasteiger partial charge in [-0.2, -0.15) is 0 Å². The molecule has 0 fully saturated rings. The van der Waals surface area contributed by atoms with E-state index in [1.807, 2.05) is 6.92 Å². The molecule has 0 radical (unpaired) electrons. The van der Waals surface area contributed by atoms with Crippen molar-refractivity contribution in [3.63, 3.8) is 0 Å². The number of hydrogen-bond acceptors (Lipinski definition) is 1. The SMILES string of the molecule is CCC(CCCl)NC(=O)c1ccc(F)cc1. The lowest BCUT2D eigenvalue weighted by molar-refractivity contribution is 0.0935. The number of nitrogens with one attached hydrogen (secondary N) is 1. The Kier molecular flexibility index (Phi) is 5.26. The van der Waals surface area contributed by atoms with Crippen molar-refractivity contribution in [2.45, 2.75) is 25.8 Å². The molecular weight excluding hydrogens is 229 g/mol. The van der Waals surface area contributed by atoms with Gasteiger partial charge in [-0.1, -0.05) is 6.92 Å². The van der Waals surface area contributed by atoms with Gasteiger partial charge in [0, 0.05) is 17.5 Å². The third kappa shape index (κ3) is 3.81. The van der Waals surface area contributed by atoms with Gasteiger partial charge in [0.15, 0.2) is 0 Å². The van der Waals surface area contributed by atoms with Crippen molar-refractivity contribution >= 4 is 17.5 Å². The molecule has 0 saturated heterocycles. The van der Waals surface area contributed by atoms with E-state index in [1.165, 1.54) is 24.3 Å². The third-order valence-corrected chi connectivity index (χ3v) is 2.61. The number of alkyl halides is 1. The van der Waals surface area contributed by atoms with E-state index in [-0.39, 0.29) is 17.8 Å². The maximum absolute atomic E-state index is 12.7. The van der Waals surface area contributed by atoms with Crippen molar-refractivity contribution in [2.75, 3.05) is 5.88 Å².